The van der Waals surface area contributed by atoms with Crippen LogP contribution in [0.15, 0.2) is 47.5 Å². The molecule has 0 radical (unpaired) electrons. The number of nitrogens with zero attached hydrogens (tertiary/aromatic N) is 1. The Hall–Kier alpha value is -3.22. The van der Waals surface area contributed by atoms with Crippen molar-refractivity contribution in [2.24, 2.45) is 4.99 Å². The van der Waals surface area contributed by atoms with Crippen LogP contribution in [0.5, 0.6) is 11.5 Å². The lowest BCUT2D eigenvalue weighted by atomic mass is 10.1. The van der Waals surface area contributed by atoms with Crippen LogP contribution in [0.2, 0.25) is 0 Å². The normalized spacial score (nSPS) is 12.7. The van der Waals surface area contributed by atoms with Crippen LogP contribution in [0.4, 0.5) is 5.69 Å². The predicted molar refractivity (Wildman–Crippen MR) is 115 cm³/mol. The van der Waals surface area contributed by atoms with Crippen molar-refractivity contribution in [3.05, 3.63) is 53.6 Å². The van der Waals surface area contributed by atoms with Crippen molar-refractivity contribution >= 4 is 17.6 Å². The maximum Gasteiger partial charge on any atom is 0.221 e. The fourth-order valence-electron chi connectivity index (χ4n) is 3.15. The van der Waals surface area contributed by atoms with Crippen molar-refractivity contribution in [3.8, 4) is 11.5 Å². The van der Waals surface area contributed by atoms with Crippen LogP contribution in [0.1, 0.15) is 18.1 Å². The lowest BCUT2D eigenvalue weighted by Crippen LogP contribution is -2.40. The molecule has 0 spiro atoms. The van der Waals surface area contributed by atoms with E-state index >= 15 is 0 Å². The molecule has 2 aromatic carbocycles. The van der Waals surface area contributed by atoms with Crippen molar-refractivity contribution in [1.29, 1.82) is 0 Å². The molecule has 0 aromatic heterocycles. The molecule has 2 aromatic rings. The largest absolute Gasteiger partial charge is 0.493 e. The Morgan fingerprint density at radius 2 is 2.03 bits per heavy atom. The van der Waals surface area contributed by atoms with E-state index in [9.17, 15) is 4.79 Å². The summed E-state index contributed by atoms with van der Waals surface area (Å²) < 4.78 is 11.3. The monoisotopic (exact) mass is 396 g/mol. The lowest BCUT2D eigenvalue weighted by molar-refractivity contribution is -0.114. The van der Waals surface area contributed by atoms with Gasteiger partial charge >= 0.3 is 0 Å². The molecule has 29 heavy (non-hydrogen) atoms. The number of fused-ring (bicyclic) bond motifs is 1. The number of hydrogen-bond donors (Lipinski definition) is 3. The molecule has 1 amide bonds. The van der Waals surface area contributed by atoms with E-state index in [4.69, 9.17) is 9.47 Å². The topological polar surface area (TPSA) is 84.0 Å². The Labute approximate surface area is 171 Å². The molecule has 1 aliphatic heterocycles. The summed E-state index contributed by atoms with van der Waals surface area (Å²) in [5.74, 6) is 2.36. The van der Waals surface area contributed by atoms with Crippen molar-refractivity contribution in [2.45, 2.75) is 19.8 Å². The van der Waals surface area contributed by atoms with Crippen LogP contribution in [0.3, 0.4) is 0 Å². The van der Waals surface area contributed by atoms with E-state index in [1.54, 1.807) is 13.1 Å². The van der Waals surface area contributed by atoms with Crippen LogP contribution < -0.4 is 25.4 Å². The molecule has 7 heteroatoms. The minimum atomic E-state index is -0.105. The van der Waals surface area contributed by atoms with Gasteiger partial charge in [0.25, 0.3) is 0 Å². The molecule has 154 valence electrons. The Kier molecular flexibility index (Phi) is 7.33. The first-order chi connectivity index (χ1) is 14.1. The summed E-state index contributed by atoms with van der Waals surface area (Å²) in [5, 5.41) is 9.30. The van der Waals surface area contributed by atoms with Crippen LogP contribution in [-0.4, -0.2) is 45.2 Å². The van der Waals surface area contributed by atoms with Crippen LogP contribution in [-0.2, 0) is 17.6 Å². The highest BCUT2D eigenvalue weighted by atomic mass is 16.5. The number of hydrogen-bond acceptors (Lipinski definition) is 4. The van der Waals surface area contributed by atoms with E-state index in [2.05, 4.69) is 39.1 Å². The summed E-state index contributed by atoms with van der Waals surface area (Å²) in [6.07, 6.45) is 1.91. The van der Waals surface area contributed by atoms with Gasteiger partial charge in [0.05, 0.1) is 13.2 Å². The molecule has 1 heterocycles. The summed E-state index contributed by atoms with van der Waals surface area (Å²) in [5.41, 5.74) is 3.31. The number of benzene rings is 2. The molecular weight excluding hydrogens is 368 g/mol. The zero-order valence-electron chi connectivity index (χ0n) is 17.0. The van der Waals surface area contributed by atoms with Gasteiger partial charge in [-0.1, -0.05) is 18.2 Å². The first-order valence-electron chi connectivity index (χ1n) is 9.83. The number of carbonyl (C=O) groups is 1. The van der Waals surface area contributed by atoms with Gasteiger partial charge in [0.15, 0.2) is 5.96 Å². The SMILES string of the molecule is CN=C(NCCOc1cccc(NC(C)=O)c1)NCCc1ccc2c(c1)CCO2. The van der Waals surface area contributed by atoms with E-state index in [1.165, 1.54) is 18.1 Å². The maximum atomic E-state index is 11.1. The van der Waals surface area contributed by atoms with Crippen LogP contribution in [0, 0.1) is 0 Å². The van der Waals surface area contributed by atoms with Gasteiger partial charge in [-0.05, 0) is 35.7 Å². The van der Waals surface area contributed by atoms with Crippen molar-refractivity contribution in [3.63, 3.8) is 0 Å². The maximum absolute atomic E-state index is 11.1. The smallest absolute Gasteiger partial charge is 0.221 e. The quantitative estimate of drug-likeness (QED) is 0.362. The average molecular weight is 396 g/mol. The number of carbonyl (C=O) groups excluding carboxylic acids is 1. The number of ether oxygens (including phenoxy) is 2. The molecule has 3 N–H and O–H groups in total. The molecule has 0 saturated carbocycles. The predicted octanol–water partition coefficient (Wildman–Crippen LogP) is 2.37. The van der Waals surface area contributed by atoms with Gasteiger partial charge in [0.2, 0.25) is 5.91 Å². The Bertz CT molecular complexity index is 867. The second kappa shape index (κ2) is 10.4. The molecule has 0 unspecified atom stereocenters. The van der Waals surface area contributed by atoms with E-state index in [0.717, 1.165) is 43.4 Å². The zero-order chi connectivity index (χ0) is 20.5. The number of aliphatic imine (C=N–C) groups is 1. The third-order valence-electron chi connectivity index (χ3n) is 4.50. The van der Waals surface area contributed by atoms with E-state index in [0.29, 0.717) is 18.9 Å². The number of amides is 1. The molecule has 0 fully saturated rings. The van der Waals surface area contributed by atoms with Gasteiger partial charge in [-0.15, -0.1) is 0 Å². The second-order valence-electron chi connectivity index (χ2n) is 6.77. The molecule has 7 nitrogen and oxygen atoms in total. The Morgan fingerprint density at radius 1 is 1.17 bits per heavy atom. The van der Waals surface area contributed by atoms with E-state index in [-0.39, 0.29) is 5.91 Å². The summed E-state index contributed by atoms with van der Waals surface area (Å²) in [6, 6.07) is 13.7. The minimum absolute atomic E-state index is 0.105. The van der Waals surface area contributed by atoms with Crippen molar-refractivity contribution in [2.75, 3.05) is 38.7 Å². The summed E-state index contributed by atoms with van der Waals surface area (Å²) in [6.45, 7) is 4.15. The van der Waals surface area contributed by atoms with Gasteiger partial charge < -0.3 is 25.4 Å². The number of anilines is 1. The van der Waals surface area contributed by atoms with Crippen molar-refractivity contribution < 1.29 is 14.3 Å². The average Bonchev–Trinajstić information content (AvgIpc) is 3.17. The Balaban J connectivity index is 1.36. The summed E-state index contributed by atoms with van der Waals surface area (Å²) in [7, 11) is 1.75. The van der Waals surface area contributed by atoms with Gasteiger partial charge in [-0.25, -0.2) is 0 Å². The molecule has 0 aliphatic carbocycles. The van der Waals surface area contributed by atoms with E-state index < -0.39 is 0 Å². The number of rotatable bonds is 8. The summed E-state index contributed by atoms with van der Waals surface area (Å²) in [4.78, 5) is 15.4. The van der Waals surface area contributed by atoms with Gasteiger partial charge in [-0.3, -0.25) is 9.79 Å². The minimum Gasteiger partial charge on any atom is -0.493 e. The van der Waals surface area contributed by atoms with Crippen LogP contribution in [0.25, 0.3) is 0 Å². The fourth-order valence-corrected chi connectivity index (χ4v) is 3.15. The third kappa shape index (κ3) is 6.41. The third-order valence-corrected chi connectivity index (χ3v) is 4.50. The molecule has 0 atom stereocenters. The van der Waals surface area contributed by atoms with Crippen molar-refractivity contribution in [1.82, 2.24) is 10.6 Å². The second-order valence-corrected chi connectivity index (χ2v) is 6.77. The van der Waals surface area contributed by atoms with Gasteiger partial charge in [0.1, 0.15) is 18.1 Å². The summed E-state index contributed by atoms with van der Waals surface area (Å²) >= 11 is 0. The van der Waals surface area contributed by atoms with Gasteiger partial charge in [0, 0.05) is 38.7 Å². The molecule has 0 bridgehead atoms. The first kappa shape index (κ1) is 20.5. The molecule has 1 aliphatic rings. The number of guanidine groups is 1. The Morgan fingerprint density at radius 3 is 2.86 bits per heavy atom. The zero-order valence-corrected chi connectivity index (χ0v) is 17.0. The number of nitrogens with one attached hydrogen (secondary N) is 3. The molecular formula is C22H28N4O3. The fraction of sp³-hybridized carbons (Fsp3) is 0.364. The van der Waals surface area contributed by atoms with Crippen LogP contribution >= 0.6 is 0 Å². The highest BCUT2D eigenvalue weighted by Gasteiger charge is 2.11. The lowest BCUT2D eigenvalue weighted by Gasteiger charge is -2.13. The van der Waals surface area contributed by atoms with Gasteiger partial charge in [-0.2, -0.15) is 0 Å². The molecule has 0 saturated heterocycles. The highest BCUT2D eigenvalue weighted by molar-refractivity contribution is 5.88. The van der Waals surface area contributed by atoms with E-state index in [1.807, 2.05) is 18.2 Å². The first-order valence-corrected chi connectivity index (χ1v) is 9.83. The standard InChI is InChI=1S/C22H28N4O3/c1-16(27)26-19-4-3-5-20(15-19)28-13-11-25-22(23-2)24-10-8-17-6-7-21-18(14-17)9-12-29-21/h3-7,14-15H,8-13H2,1-2H3,(H,26,27)(H2,23,24,25). The highest BCUT2D eigenvalue weighted by Crippen LogP contribution is 2.25. The molecule has 3 rings (SSSR count).